The summed E-state index contributed by atoms with van der Waals surface area (Å²) in [5.41, 5.74) is 0. The maximum Gasteiger partial charge on any atom is 0.145 e. The first-order chi connectivity index (χ1) is 4.81. The van der Waals surface area contributed by atoms with Crippen molar-refractivity contribution in [2.75, 3.05) is 0 Å². The predicted molar refractivity (Wildman–Crippen MR) is 43.8 cm³/mol. The van der Waals surface area contributed by atoms with Crippen LogP contribution in [0.5, 0.6) is 0 Å². The van der Waals surface area contributed by atoms with Crippen LogP contribution in [-0.4, -0.2) is 10.4 Å². The molecule has 10 heavy (non-hydrogen) atoms. The molecular weight excluding hydrogens is 150 g/mol. The minimum atomic E-state index is 0.316. The molecule has 0 aromatic heterocycles. The van der Waals surface area contributed by atoms with Gasteiger partial charge in [0.05, 0.1) is 0 Å². The smallest absolute Gasteiger partial charge is 0.145 e. The molecule has 0 unspecified atom stereocenters. The van der Waals surface area contributed by atoms with Gasteiger partial charge in [-0.25, -0.2) is 0 Å². The Balaban J connectivity index is 3.04. The Hall–Kier alpha value is -0.240. The molecule has 0 fully saturated rings. The van der Waals surface area contributed by atoms with Crippen molar-refractivity contribution in [2.24, 2.45) is 5.16 Å². The first-order valence-electron chi connectivity index (χ1n) is 3.67. The molecule has 0 radical (unpaired) electrons. The largest absolute Gasteiger partial charge is 0.410 e. The van der Waals surface area contributed by atoms with Crippen LogP contribution in [0.3, 0.4) is 0 Å². The summed E-state index contributed by atoms with van der Waals surface area (Å²) in [5, 5.41) is 11.3. The topological polar surface area (TPSA) is 32.6 Å². The van der Waals surface area contributed by atoms with E-state index in [1.54, 1.807) is 0 Å². The monoisotopic (exact) mass is 163 g/mol. The lowest BCUT2D eigenvalue weighted by molar-refractivity contribution is 0.319. The van der Waals surface area contributed by atoms with E-state index in [4.69, 9.17) is 16.8 Å². The van der Waals surface area contributed by atoms with E-state index in [-0.39, 0.29) is 0 Å². The van der Waals surface area contributed by atoms with E-state index in [0.29, 0.717) is 11.6 Å². The Morgan fingerprint density at radius 1 is 1.40 bits per heavy atom. The van der Waals surface area contributed by atoms with Crippen molar-refractivity contribution < 1.29 is 5.21 Å². The minimum absolute atomic E-state index is 0.316. The zero-order valence-electron chi connectivity index (χ0n) is 6.31. The molecule has 0 rings (SSSR count). The van der Waals surface area contributed by atoms with Gasteiger partial charge in [0.2, 0.25) is 0 Å². The Bertz CT molecular complexity index is 104. The van der Waals surface area contributed by atoms with Gasteiger partial charge in [-0.15, -0.1) is 0 Å². The zero-order valence-corrected chi connectivity index (χ0v) is 7.06. The maximum absolute atomic E-state index is 8.15. The van der Waals surface area contributed by atoms with Crippen molar-refractivity contribution in [3.63, 3.8) is 0 Å². The van der Waals surface area contributed by atoms with E-state index in [0.717, 1.165) is 6.42 Å². The van der Waals surface area contributed by atoms with E-state index >= 15 is 0 Å². The lowest BCUT2D eigenvalue weighted by atomic mass is 10.2. The van der Waals surface area contributed by atoms with Crippen molar-refractivity contribution >= 4 is 16.8 Å². The fourth-order valence-electron chi connectivity index (χ4n) is 0.748. The predicted octanol–water partition coefficient (Wildman–Crippen LogP) is 2.98. The third-order valence-electron chi connectivity index (χ3n) is 1.35. The van der Waals surface area contributed by atoms with E-state index in [1.807, 2.05) is 0 Å². The van der Waals surface area contributed by atoms with E-state index in [1.165, 1.54) is 19.3 Å². The van der Waals surface area contributed by atoms with Gasteiger partial charge < -0.3 is 5.21 Å². The highest BCUT2D eigenvalue weighted by Gasteiger charge is 1.93. The second-order valence-corrected chi connectivity index (χ2v) is 2.72. The number of hydrogen-bond acceptors (Lipinski definition) is 2. The molecule has 1 N–H and O–H groups in total. The Kier molecular flexibility index (Phi) is 6.71. The second-order valence-electron chi connectivity index (χ2n) is 2.29. The number of halogens is 1. The summed E-state index contributed by atoms with van der Waals surface area (Å²) in [6.45, 7) is 2.15. The van der Waals surface area contributed by atoms with E-state index in [2.05, 4.69) is 12.1 Å². The van der Waals surface area contributed by atoms with Crippen LogP contribution in [0.1, 0.15) is 39.0 Å². The molecular formula is C7H14ClNO. The van der Waals surface area contributed by atoms with Crippen LogP contribution in [0.4, 0.5) is 0 Å². The summed E-state index contributed by atoms with van der Waals surface area (Å²) < 4.78 is 0. The van der Waals surface area contributed by atoms with Gasteiger partial charge in [0, 0.05) is 6.42 Å². The van der Waals surface area contributed by atoms with Gasteiger partial charge in [-0.3, -0.25) is 0 Å². The molecule has 0 heterocycles. The molecule has 3 heteroatoms. The SMILES string of the molecule is CCCCCCC(Cl)=NO. The number of unbranched alkanes of at least 4 members (excludes halogenated alkanes) is 3. The fraction of sp³-hybridized carbons (Fsp3) is 0.857. The third-order valence-corrected chi connectivity index (χ3v) is 1.61. The summed E-state index contributed by atoms with van der Waals surface area (Å²) in [4.78, 5) is 0. The maximum atomic E-state index is 8.15. The lowest BCUT2D eigenvalue weighted by Gasteiger charge is -1.95. The molecule has 0 atom stereocenters. The van der Waals surface area contributed by atoms with Crippen LogP contribution in [0.25, 0.3) is 0 Å². The van der Waals surface area contributed by atoms with Crippen molar-refractivity contribution in [3.8, 4) is 0 Å². The Morgan fingerprint density at radius 3 is 2.60 bits per heavy atom. The summed E-state index contributed by atoms with van der Waals surface area (Å²) >= 11 is 5.44. The third kappa shape index (κ3) is 5.89. The van der Waals surface area contributed by atoms with E-state index < -0.39 is 0 Å². The van der Waals surface area contributed by atoms with Crippen LogP contribution in [0.15, 0.2) is 5.16 Å². The van der Waals surface area contributed by atoms with Crippen LogP contribution < -0.4 is 0 Å². The first kappa shape index (κ1) is 9.76. The molecule has 60 valence electrons. The average Bonchev–Trinajstić information content (AvgIpc) is 1.98. The molecule has 0 spiro atoms. The molecule has 0 aliphatic carbocycles. The van der Waals surface area contributed by atoms with Crippen LogP contribution >= 0.6 is 11.6 Å². The van der Waals surface area contributed by atoms with Gasteiger partial charge >= 0.3 is 0 Å². The molecule has 0 bridgehead atoms. The summed E-state index contributed by atoms with van der Waals surface area (Å²) in [6, 6.07) is 0. The number of nitrogens with zero attached hydrogens (tertiary/aromatic N) is 1. The Morgan fingerprint density at radius 2 is 2.10 bits per heavy atom. The molecule has 0 aromatic carbocycles. The number of oxime groups is 1. The molecule has 0 aliphatic rings. The molecule has 0 saturated carbocycles. The van der Waals surface area contributed by atoms with Crippen LogP contribution in [-0.2, 0) is 0 Å². The lowest BCUT2D eigenvalue weighted by Crippen LogP contribution is -1.86. The van der Waals surface area contributed by atoms with Crippen LogP contribution in [0, 0.1) is 0 Å². The first-order valence-corrected chi connectivity index (χ1v) is 4.05. The quantitative estimate of drug-likeness (QED) is 0.287. The Labute approximate surface area is 66.9 Å². The summed E-state index contributed by atoms with van der Waals surface area (Å²) in [7, 11) is 0. The van der Waals surface area contributed by atoms with Gasteiger partial charge in [-0.2, -0.15) is 0 Å². The number of rotatable bonds is 5. The van der Waals surface area contributed by atoms with Gasteiger partial charge in [-0.1, -0.05) is 42.9 Å². The fourth-order valence-corrected chi connectivity index (χ4v) is 0.881. The summed E-state index contributed by atoms with van der Waals surface area (Å²) in [5.74, 6) is 0. The standard InChI is InChI=1S/C7H14ClNO/c1-2-3-4-5-6-7(8)9-10/h10H,2-6H2,1H3. The molecule has 0 aliphatic heterocycles. The summed E-state index contributed by atoms with van der Waals surface area (Å²) in [6.07, 6.45) is 5.35. The highest BCUT2D eigenvalue weighted by molar-refractivity contribution is 6.65. The van der Waals surface area contributed by atoms with Gasteiger partial charge in [-0.05, 0) is 6.42 Å². The minimum Gasteiger partial charge on any atom is -0.410 e. The highest BCUT2D eigenvalue weighted by Crippen LogP contribution is 2.04. The van der Waals surface area contributed by atoms with Crippen molar-refractivity contribution in [3.05, 3.63) is 0 Å². The molecule has 0 aromatic rings. The molecule has 0 saturated heterocycles. The van der Waals surface area contributed by atoms with Crippen molar-refractivity contribution in [1.82, 2.24) is 0 Å². The molecule has 0 amide bonds. The van der Waals surface area contributed by atoms with Crippen LogP contribution in [0.2, 0.25) is 0 Å². The second kappa shape index (κ2) is 6.87. The molecule has 2 nitrogen and oxygen atoms in total. The van der Waals surface area contributed by atoms with Gasteiger partial charge in [0.1, 0.15) is 5.17 Å². The highest BCUT2D eigenvalue weighted by atomic mass is 35.5. The average molecular weight is 164 g/mol. The number of hydrogen-bond donors (Lipinski definition) is 1. The van der Waals surface area contributed by atoms with E-state index in [9.17, 15) is 0 Å². The van der Waals surface area contributed by atoms with Gasteiger partial charge in [0.15, 0.2) is 0 Å². The van der Waals surface area contributed by atoms with Crippen molar-refractivity contribution in [2.45, 2.75) is 39.0 Å². The normalized spacial score (nSPS) is 12.0. The zero-order chi connectivity index (χ0) is 7.82. The van der Waals surface area contributed by atoms with Gasteiger partial charge in [0.25, 0.3) is 0 Å². The van der Waals surface area contributed by atoms with Crippen molar-refractivity contribution in [1.29, 1.82) is 0 Å².